The number of nitrogens with one attached hydrogen (secondary N) is 2. The minimum absolute atomic E-state index is 0.0299. The number of aromatic nitrogens is 1. The van der Waals surface area contributed by atoms with Gasteiger partial charge in [-0.1, -0.05) is 23.7 Å². The first kappa shape index (κ1) is 16.3. The number of hydrogen-bond acceptors (Lipinski definition) is 6. The van der Waals surface area contributed by atoms with Gasteiger partial charge >= 0.3 is 15.9 Å². The van der Waals surface area contributed by atoms with E-state index in [-0.39, 0.29) is 29.6 Å². The second-order valence-electron chi connectivity index (χ2n) is 4.90. The molecule has 2 aromatic rings. The van der Waals surface area contributed by atoms with E-state index in [4.69, 9.17) is 11.6 Å². The molecule has 126 valence electrons. The van der Waals surface area contributed by atoms with Gasteiger partial charge in [0.15, 0.2) is 0 Å². The Morgan fingerprint density at radius 1 is 1.38 bits per heavy atom. The van der Waals surface area contributed by atoms with Crippen molar-refractivity contribution in [2.75, 3.05) is 27.4 Å². The number of hydrogen-bond donors (Lipinski definition) is 2. The van der Waals surface area contributed by atoms with Crippen molar-refractivity contribution >= 4 is 44.7 Å². The number of fused-ring (bicyclic) bond motifs is 1. The molecule has 0 saturated carbocycles. The molecule has 1 aliphatic rings. The first-order valence-corrected chi connectivity index (χ1v) is 8.63. The van der Waals surface area contributed by atoms with Gasteiger partial charge in [0, 0.05) is 18.8 Å². The van der Waals surface area contributed by atoms with Crippen LogP contribution in [0.15, 0.2) is 36.5 Å². The van der Waals surface area contributed by atoms with E-state index in [2.05, 4.69) is 15.0 Å². The summed E-state index contributed by atoms with van der Waals surface area (Å²) < 4.78 is 27.9. The smallest absolute Gasteiger partial charge is 0.324 e. The predicted octanol–water partition coefficient (Wildman–Crippen LogP) is 2.23. The van der Waals surface area contributed by atoms with E-state index in [9.17, 15) is 18.5 Å². The molecule has 2 N–H and O–H groups in total. The Morgan fingerprint density at radius 2 is 2.12 bits per heavy atom. The first-order valence-electron chi connectivity index (χ1n) is 6.82. The van der Waals surface area contributed by atoms with Crippen LogP contribution in [0.2, 0.25) is 5.02 Å². The highest BCUT2D eigenvalue weighted by Gasteiger charge is 2.31. The standard InChI is InChI=1S/C13H12ClN5O4S/c14-9-7-12(19(20)21)13(16-8-9)15-5-6-18-11-4-2-1-3-10(11)17-24(18,22)23/h1-4,7-8,17H,5-6H2,(H,15,16). The molecular weight excluding hydrogens is 358 g/mol. The maximum Gasteiger partial charge on any atom is 0.324 e. The van der Waals surface area contributed by atoms with Crippen LogP contribution in [0.3, 0.4) is 0 Å². The molecule has 3 rings (SSSR count). The number of para-hydroxylation sites is 2. The van der Waals surface area contributed by atoms with Crippen LogP contribution in [0.25, 0.3) is 0 Å². The van der Waals surface area contributed by atoms with Crippen molar-refractivity contribution in [2.24, 2.45) is 0 Å². The maximum atomic E-state index is 12.1. The Labute approximate surface area is 142 Å². The lowest BCUT2D eigenvalue weighted by atomic mass is 10.3. The Kier molecular flexibility index (Phi) is 4.16. The number of rotatable bonds is 5. The predicted molar refractivity (Wildman–Crippen MR) is 90.7 cm³/mol. The third kappa shape index (κ3) is 3.05. The molecule has 2 heterocycles. The molecule has 0 bridgehead atoms. The Morgan fingerprint density at radius 3 is 2.88 bits per heavy atom. The van der Waals surface area contributed by atoms with Gasteiger partial charge in [-0.15, -0.1) is 0 Å². The average molecular weight is 370 g/mol. The third-order valence-electron chi connectivity index (χ3n) is 3.34. The van der Waals surface area contributed by atoms with Crippen LogP contribution in [-0.2, 0) is 10.2 Å². The SMILES string of the molecule is O=[N+]([O-])c1cc(Cl)cnc1NCCN1c2ccccc2NS1(=O)=O. The number of halogens is 1. The minimum atomic E-state index is -3.67. The average Bonchev–Trinajstić information content (AvgIpc) is 2.78. The van der Waals surface area contributed by atoms with E-state index in [0.29, 0.717) is 11.4 Å². The molecule has 0 aliphatic carbocycles. The molecule has 0 fully saturated rings. The lowest BCUT2D eigenvalue weighted by molar-refractivity contribution is -0.384. The topological polar surface area (TPSA) is 117 Å². The quantitative estimate of drug-likeness (QED) is 0.616. The van der Waals surface area contributed by atoms with Crippen LogP contribution in [0.5, 0.6) is 0 Å². The van der Waals surface area contributed by atoms with Crippen molar-refractivity contribution in [3.63, 3.8) is 0 Å². The summed E-state index contributed by atoms with van der Waals surface area (Å²) in [5.41, 5.74) is 0.747. The molecule has 1 aliphatic heterocycles. The molecule has 0 spiro atoms. The van der Waals surface area contributed by atoms with Gasteiger partial charge < -0.3 is 5.32 Å². The van der Waals surface area contributed by atoms with Crippen molar-refractivity contribution in [1.29, 1.82) is 0 Å². The zero-order chi connectivity index (χ0) is 17.3. The Bertz CT molecular complexity index is 905. The van der Waals surface area contributed by atoms with Crippen LogP contribution < -0.4 is 14.3 Å². The fourth-order valence-corrected chi connectivity index (χ4v) is 3.78. The molecule has 0 unspecified atom stereocenters. The summed E-state index contributed by atoms with van der Waals surface area (Å²) in [7, 11) is -3.67. The van der Waals surface area contributed by atoms with Crippen molar-refractivity contribution in [3.8, 4) is 0 Å². The third-order valence-corrected chi connectivity index (χ3v) is 4.98. The van der Waals surface area contributed by atoms with Crippen molar-refractivity contribution < 1.29 is 13.3 Å². The maximum absolute atomic E-state index is 12.1. The summed E-state index contributed by atoms with van der Waals surface area (Å²) in [5, 5.41) is 13.9. The zero-order valence-corrected chi connectivity index (χ0v) is 13.7. The Hall–Kier alpha value is -2.59. The van der Waals surface area contributed by atoms with Gasteiger partial charge in [0.1, 0.15) is 0 Å². The van der Waals surface area contributed by atoms with Gasteiger partial charge in [-0.25, -0.2) is 9.29 Å². The van der Waals surface area contributed by atoms with E-state index in [1.165, 1.54) is 16.6 Å². The molecule has 24 heavy (non-hydrogen) atoms. The molecule has 0 atom stereocenters. The fraction of sp³-hybridized carbons (Fsp3) is 0.154. The van der Waals surface area contributed by atoms with Crippen molar-refractivity contribution in [2.45, 2.75) is 0 Å². The second kappa shape index (κ2) is 6.13. The molecule has 0 radical (unpaired) electrons. The van der Waals surface area contributed by atoms with Gasteiger partial charge in [-0.2, -0.15) is 8.42 Å². The number of anilines is 3. The van der Waals surface area contributed by atoms with Crippen LogP contribution in [0, 0.1) is 10.1 Å². The zero-order valence-electron chi connectivity index (χ0n) is 12.1. The summed E-state index contributed by atoms with van der Waals surface area (Å²) >= 11 is 5.70. The highest BCUT2D eigenvalue weighted by molar-refractivity contribution is 7.94. The second-order valence-corrected chi connectivity index (χ2v) is 6.93. The van der Waals surface area contributed by atoms with Gasteiger partial charge in [-0.3, -0.25) is 14.8 Å². The molecule has 1 aromatic carbocycles. The molecule has 0 saturated heterocycles. The summed E-state index contributed by atoms with van der Waals surface area (Å²) in [6, 6.07) is 7.97. The summed E-state index contributed by atoms with van der Waals surface area (Å²) in [6.45, 7) is 0.207. The van der Waals surface area contributed by atoms with Crippen molar-refractivity contribution in [1.82, 2.24) is 4.98 Å². The largest absolute Gasteiger partial charge is 0.363 e. The molecule has 1 aromatic heterocycles. The fourth-order valence-electron chi connectivity index (χ4n) is 2.32. The van der Waals surface area contributed by atoms with Gasteiger partial charge in [0.25, 0.3) is 0 Å². The summed E-state index contributed by atoms with van der Waals surface area (Å²) in [4.78, 5) is 14.3. The van der Waals surface area contributed by atoms with Crippen molar-refractivity contribution in [3.05, 3.63) is 51.7 Å². The summed E-state index contributed by atoms with van der Waals surface area (Å²) in [5.74, 6) is 0.0299. The monoisotopic (exact) mass is 369 g/mol. The molecule has 11 heteroatoms. The Balaban J connectivity index is 1.75. The number of benzene rings is 1. The lowest BCUT2D eigenvalue weighted by Gasteiger charge is -2.17. The molecule has 0 amide bonds. The van der Waals surface area contributed by atoms with E-state index in [0.717, 1.165) is 0 Å². The van der Waals surface area contributed by atoms with E-state index in [1.54, 1.807) is 24.3 Å². The lowest BCUT2D eigenvalue weighted by Crippen LogP contribution is -2.34. The van der Waals surface area contributed by atoms with Crippen LogP contribution >= 0.6 is 11.6 Å². The number of pyridine rings is 1. The van der Waals surface area contributed by atoms with Crippen LogP contribution in [0.1, 0.15) is 0 Å². The minimum Gasteiger partial charge on any atom is -0.363 e. The normalized spacial score (nSPS) is 14.8. The van der Waals surface area contributed by atoms with Gasteiger partial charge in [-0.05, 0) is 12.1 Å². The van der Waals surface area contributed by atoms with Gasteiger partial charge in [0.2, 0.25) is 5.82 Å². The highest BCUT2D eigenvalue weighted by Crippen LogP contribution is 2.34. The first-order chi connectivity index (χ1) is 11.4. The number of nitrogens with zero attached hydrogens (tertiary/aromatic N) is 3. The van der Waals surface area contributed by atoms with Gasteiger partial charge in [0.05, 0.1) is 27.9 Å². The summed E-state index contributed by atoms with van der Waals surface area (Å²) in [6.07, 6.45) is 1.28. The van der Waals surface area contributed by atoms with E-state index in [1.807, 2.05) is 0 Å². The highest BCUT2D eigenvalue weighted by atomic mass is 35.5. The molecular formula is C13H12ClN5O4S. The van der Waals surface area contributed by atoms with E-state index >= 15 is 0 Å². The van der Waals surface area contributed by atoms with E-state index < -0.39 is 15.1 Å². The van der Waals surface area contributed by atoms with Crippen LogP contribution in [0.4, 0.5) is 22.9 Å². The molecule has 9 nitrogen and oxygen atoms in total. The van der Waals surface area contributed by atoms with Crippen LogP contribution in [-0.4, -0.2) is 31.4 Å². The number of nitro groups is 1.